The lowest BCUT2D eigenvalue weighted by molar-refractivity contribution is 0.661. The van der Waals surface area contributed by atoms with E-state index in [1.165, 1.54) is 54.9 Å². The minimum Gasteiger partial charge on any atom is -0.355 e. The molecular formula is C35H27N. The van der Waals surface area contributed by atoms with Gasteiger partial charge in [0.25, 0.3) is 0 Å². The topological polar surface area (TPSA) is 12.0 Å². The summed E-state index contributed by atoms with van der Waals surface area (Å²) in [6.45, 7) is 4.70. The number of rotatable bonds is 3. The molecule has 6 aromatic rings. The predicted molar refractivity (Wildman–Crippen MR) is 154 cm³/mol. The fourth-order valence-electron chi connectivity index (χ4n) is 5.89. The number of nitrogens with one attached hydrogen (secondary N) is 1. The zero-order valence-electron chi connectivity index (χ0n) is 20.5. The molecule has 0 heterocycles. The molecule has 1 heteroatoms. The number of hydrogen-bond acceptors (Lipinski definition) is 1. The van der Waals surface area contributed by atoms with Crippen LogP contribution in [0.4, 0.5) is 11.4 Å². The minimum absolute atomic E-state index is 0.0770. The van der Waals surface area contributed by atoms with Crippen LogP contribution in [0.5, 0.6) is 0 Å². The van der Waals surface area contributed by atoms with E-state index < -0.39 is 0 Å². The third-order valence-corrected chi connectivity index (χ3v) is 7.81. The van der Waals surface area contributed by atoms with Crippen molar-refractivity contribution in [1.82, 2.24) is 0 Å². The Bertz CT molecular complexity index is 1790. The molecule has 0 atom stereocenters. The fourth-order valence-corrected chi connectivity index (χ4v) is 5.89. The molecule has 0 unspecified atom stereocenters. The van der Waals surface area contributed by atoms with Crippen LogP contribution in [-0.4, -0.2) is 0 Å². The van der Waals surface area contributed by atoms with Gasteiger partial charge in [-0.25, -0.2) is 0 Å². The smallest absolute Gasteiger partial charge is 0.0390 e. The van der Waals surface area contributed by atoms with Crippen molar-refractivity contribution < 1.29 is 0 Å². The van der Waals surface area contributed by atoms with E-state index in [0.717, 1.165) is 11.4 Å². The summed E-state index contributed by atoms with van der Waals surface area (Å²) < 4.78 is 0. The van der Waals surface area contributed by atoms with E-state index in [2.05, 4.69) is 140 Å². The lowest BCUT2D eigenvalue weighted by Gasteiger charge is -2.23. The Kier molecular flexibility index (Phi) is 4.56. The van der Waals surface area contributed by atoms with E-state index in [1.807, 2.05) is 0 Å². The van der Waals surface area contributed by atoms with E-state index >= 15 is 0 Å². The standard InChI is InChI=1S/C35H27N/c1-35(2)33-21-26(30-13-7-11-24-9-5-6-12-29(24)30)15-18-31(33)32-19-17-28(22-34(32)35)36-27-16-14-23-8-3-4-10-25(23)20-27/h3-22,36H,1-2H3. The molecule has 1 aliphatic carbocycles. The van der Waals surface area contributed by atoms with Crippen molar-refractivity contribution in [3.8, 4) is 22.3 Å². The molecule has 1 nitrogen and oxygen atoms in total. The zero-order chi connectivity index (χ0) is 24.3. The Labute approximate surface area is 212 Å². The second-order valence-electron chi connectivity index (χ2n) is 10.4. The highest BCUT2D eigenvalue weighted by Crippen LogP contribution is 2.50. The first-order valence-corrected chi connectivity index (χ1v) is 12.6. The van der Waals surface area contributed by atoms with Gasteiger partial charge < -0.3 is 5.32 Å². The fraction of sp³-hybridized carbons (Fsp3) is 0.0857. The van der Waals surface area contributed by atoms with Crippen LogP contribution in [-0.2, 0) is 5.41 Å². The van der Waals surface area contributed by atoms with Gasteiger partial charge in [-0.3, -0.25) is 0 Å². The molecule has 1 aliphatic rings. The maximum Gasteiger partial charge on any atom is 0.0390 e. The van der Waals surface area contributed by atoms with Crippen molar-refractivity contribution in [3.05, 3.63) is 132 Å². The Hall–Kier alpha value is -4.36. The molecule has 0 radical (unpaired) electrons. The summed E-state index contributed by atoms with van der Waals surface area (Å²) in [5.41, 5.74) is 10.2. The summed E-state index contributed by atoms with van der Waals surface area (Å²) >= 11 is 0. The van der Waals surface area contributed by atoms with Gasteiger partial charge in [-0.2, -0.15) is 0 Å². The first kappa shape index (κ1) is 21.0. The highest BCUT2D eigenvalue weighted by Gasteiger charge is 2.35. The first-order chi connectivity index (χ1) is 17.6. The average Bonchev–Trinajstić information content (AvgIpc) is 3.14. The van der Waals surface area contributed by atoms with Crippen LogP contribution in [0.15, 0.2) is 121 Å². The monoisotopic (exact) mass is 461 g/mol. The first-order valence-electron chi connectivity index (χ1n) is 12.6. The van der Waals surface area contributed by atoms with Gasteiger partial charge in [-0.1, -0.05) is 105 Å². The van der Waals surface area contributed by atoms with E-state index in [1.54, 1.807) is 0 Å². The molecule has 0 amide bonds. The number of hydrogen-bond donors (Lipinski definition) is 1. The Morgan fingerprint density at radius 2 is 1.11 bits per heavy atom. The number of anilines is 2. The van der Waals surface area contributed by atoms with Crippen LogP contribution in [0.3, 0.4) is 0 Å². The van der Waals surface area contributed by atoms with Crippen molar-refractivity contribution in [3.63, 3.8) is 0 Å². The minimum atomic E-state index is -0.0770. The maximum absolute atomic E-state index is 3.65. The van der Waals surface area contributed by atoms with Crippen LogP contribution < -0.4 is 5.32 Å². The molecule has 0 aliphatic heterocycles. The Morgan fingerprint density at radius 3 is 1.97 bits per heavy atom. The molecular weight excluding hydrogens is 434 g/mol. The predicted octanol–water partition coefficient (Wildman–Crippen LogP) is 9.71. The molecule has 0 fully saturated rings. The van der Waals surface area contributed by atoms with Gasteiger partial charge in [0, 0.05) is 16.8 Å². The molecule has 0 saturated carbocycles. The number of fused-ring (bicyclic) bond motifs is 5. The molecule has 36 heavy (non-hydrogen) atoms. The molecule has 1 N–H and O–H groups in total. The van der Waals surface area contributed by atoms with Gasteiger partial charge in [0.05, 0.1) is 0 Å². The highest BCUT2D eigenvalue weighted by atomic mass is 14.9. The summed E-state index contributed by atoms with van der Waals surface area (Å²) in [7, 11) is 0. The normalized spacial score (nSPS) is 13.5. The van der Waals surface area contributed by atoms with Gasteiger partial charge in [-0.15, -0.1) is 0 Å². The SMILES string of the molecule is CC1(C)c2cc(Nc3ccc4ccccc4c3)ccc2-c2ccc(-c3cccc4ccccc34)cc21. The van der Waals surface area contributed by atoms with E-state index in [4.69, 9.17) is 0 Å². The average molecular weight is 462 g/mol. The van der Waals surface area contributed by atoms with Crippen molar-refractivity contribution in [2.24, 2.45) is 0 Å². The van der Waals surface area contributed by atoms with Crippen LogP contribution in [0.25, 0.3) is 43.8 Å². The summed E-state index contributed by atoms with van der Waals surface area (Å²) in [4.78, 5) is 0. The van der Waals surface area contributed by atoms with Crippen LogP contribution in [0, 0.1) is 0 Å². The van der Waals surface area contributed by atoms with Crippen molar-refractivity contribution in [2.45, 2.75) is 19.3 Å². The van der Waals surface area contributed by atoms with E-state index in [9.17, 15) is 0 Å². The molecule has 7 rings (SSSR count). The third kappa shape index (κ3) is 3.24. The van der Waals surface area contributed by atoms with Crippen molar-refractivity contribution >= 4 is 32.9 Å². The van der Waals surface area contributed by atoms with E-state index in [0.29, 0.717) is 0 Å². The second kappa shape index (κ2) is 7.83. The molecule has 0 aromatic heterocycles. The quantitative estimate of drug-likeness (QED) is 0.276. The van der Waals surface area contributed by atoms with Gasteiger partial charge >= 0.3 is 0 Å². The molecule has 0 saturated heterocycles. The number of benzene rings is 6. The lowest BCUT2D eigenvalue weighted by Crippen LogP contribution is -2.15. The molecule has 0 bridgehead atoms. The summed E-state index contributed by atoms with van der Waals surface area (Å²) in [5, 5.41) is 8.74. The Morgan fingerprint density at radius 1 is 0.472 bits per heavy atom. The molecule has 0 spiro atoms. The van der Waals surface area contributed by atoms with Gasteiger partial charge in [0.2, 0.25) is 0 Å². The van der Waals surface area contributed by atoms with Crippen molar-refractivity contribution in [2.75, 3.05) is 5.32 Å². The van der Waals surface area contributed by atoms with Gasteiger partial charge in [0.15, 0.2) is 0 Å². The largest absolute Gasteiger partial charge is 0.355 e. The third-order valence-electron chi connectivity index (χ3n) is 7.81. The lowest BCUT2D eigenvalue weighted by atomic mass is 9.81. The van der Waals surface area contributed by atoms with Gasteiger partial charge in [0.1, 0.15) is 0 Å². The maximum atomic E-state index is 3.65. The van der Waals surface area contributed by atoms with Crippen LogP contribution in [0.1, 0.15) is 25.0 Å². The Balaban J connectivity index is 1.28. The van der Waals surface area contributed by atoms with E-state index in [-0.39, 0.29) is 5.41 Å². The van der Waals surface area contributed by atoms with Crippen LogP contribution >= 0.6 is 0 Å². The summed E-state index contributed by atoms with van der Waals surface area (Å²) in [5.74, 6) is 0. The van der Waals surface area contributed by atoms with Gasteiger partial charge in [-0.05, 0) is 85.3 Å². The van der Waals surface area contributed by atoms with Crippen molar-refractivity contribution in [1.29, 1.82) is 0 Å². The summed E-state index contributed by atoms with van der Waals surface area (Å²) in [6, 6.07) is 44.1. The molecule has 6 aromatic carbocycles. The molecule has 172 valence electrons. The second-order valence-corrected chi connectivity index (χ2v) is 10.4. The van der Waals surface area contributed by atoms with Crippen LogP contribution in [0.2, 0.25) is 0 Å². The highest BCUT2D eigenvalue weighted by molar-refractivity contribution is 5.97. The summed E-state index contributed by atoms with van der Waals surface area (Å²) in [6.07, 6.45) is 0. The zero-order valence-corrected chi connectivity index (χ0v) is 20.5.